The Morgan fingerprint density at radius 1 is 1.08 bits per heavy atom. The second kappa shape index (κ2) is 17.7. The van der Waals surface area contributed by atoms with Gasteiger partial charge in [-0.15, -0.1) is 0 Å². The summed E-state index contributed by atoms with van der Waals surface area (Å²) in [4.78, 5) is 20.5. The summed E-state index contributed by atoms with van der Waals surface area (Å²) < 4.78 is 9.03. The highest BCUT2D eigenvalue weighted by Crippen LogP contribution is 1.97. The maximum Gasteiger partial charge on any atom is 0.330 e. The molecule has 5 heteroatoms. The second-order valence-electron chi connectivity index (χ2n) is 4.67. The molecule has 1 N–H and O–H groups in total. The molecule has 0 saturated heterocycles. The Hall–Kier alpha value is -2.66. The molecule has 0 aliphatic carbocycles. The third kappa shape index (κ3) is 19.3. The van der Waals surface area contributed by atoms with Gasteiger partial charge >= 0.3 is 11.9 Å². The summed E-state index contributed by atoms with van der Waals surface area (Å²) in [7, 11) is 0. The molecule has 25 heavy (non-hydrogen) atoms. The number of aliphatic hydroxyl groups excluding tert-OH is 1. The standard InChI is InChI=1S/C8H8.C6H10O3.C6H10O2/c1-2-8-6-4-3-5-7-8;1-3-6(8)9-4-5(2)7;1-3-5-8-6(7)4-2/h2-7H,1H2;3,5,7H,1,4H2,2H3;4H,2-3,5H2,1H3. The fourth-order valence-electron chi connectivity index (χ4n) is 1.11. The van der Waals surface area contributed by atoms with Gasteiger partial charge in [0.25, 0.3) is 0 Å². The van der Waals surface area contributed by atoms with Crippen molar-refractivity contribution < 1.29 is 24.2 Å². The van der Waals surface area contributed by atoms with Gasteiger partial charge in [0.1, 0.15) is 6.61 Å². The van der Waals surface area contributed by atoms with Crippen LogP contribution in [0.5, 0.6) is 0 Å². The lowest BCUT2D eigenvalue weighted by atomic mass is 10.2. The van der Waals surface area contributed by atoms with Gasteiger partial charge in [-0.2, -0.15) is 0 Å². The van der Waals surface area contributed by atoms with Crippen LogP contribution in [0.15, 0.2) is 62.2 Å². The first-order chi connectivity index (χ1) is 11.9. The third-order valence-electron chi connectivity index (χ3n) is 2.28. The summed E-state index contributed by atoms with van der Waals surface area (Å²) in [5.41, 5.74) is 1.17. The van der Waals surface area contributed by atoms with E-state index in [1.54, 1.807) is 0 Å². The van der Waals surface area contributed by atoms with E-state index in [9.17, 15) is 9.59 Å². The van der Waals surface area contributed by atoms with E-state index in [4.69, 9.17) is 5.11 Å². The van der Waals surface area contributed by atoms with E-state index in [1.165, 1.54) is 12.5 Å². The van der Waals surface area contributed by atoms with Crippen molar-refractivity contribution in [2.75, 3.05) is 13.2 Å². The van der Waals surface area contributed by atoms with E-state index < -0.39 is 12.1 Å². The van der Waals surface area contributed by atoms with Crippen LogP contribution in [-0.2, 0) is 19.1 Å². The van der Waals surface area contributed by atoms with Crippen LogP contribution in [-0.4, -0.2) is 36.4 Å². The third-order valence-corrected chi connectivity index (χ3v) is 2.28. The summed E-state index contributed by atoms with van der Waals surface area (Å²) in [5.74, 6) is -0.845. The number of aliphatic hydroxyl groups is 1. The first-order valence-electron chi connectivity index (χ1n) is 7.85. The van der Waals surface area contributed by atoms with Gasteiger partial charge in [0, 0.05) is 12.2 Å². The molecule has 0 spiro atoms. The normalized spacial score (nSPS) is 9.72. The van der Waals surface area contributed by atoms with Crippen molar-refractivity contribution in [1.29, 1.82) is 0 Å². The molecule has 0 heterocycles. The van der Waals surface area contributed by atoms with E-state index >= 15 is 0 Å². The van der Waals surface area contributed by atoms with Gasteiger partial charge < -0.3 is 14.6 Å². The van der Waals surface area contributed by atoms with Crippen molar-refractivity contribution in [1.82, 2.24) is 0 Å². The van der Waals surface area contributed by atoms with Gasteiger partial charge in [-0.25, -0.2) is 9.59 Å². The number of ether oxygens (including phenoxy) is 2. The highest BCUT2D eigenvalue weighted by atomic mass is 16.5. The van der Waals surface area contributed by atoms with E-state index in [1.807, 2.05) is 43.3 Å². The maximum absolute atomic E-state index is 10.3. The predicted molar refractivity (Wildman–Crippen MR) is 101 cm³/mol. The minimum Gasteiger partial charge on any atom is -0.463 e. The number of esters is 2. The molecule has 0 aliphatic rings. The summed E-state index contributed by atoms with van der Waals surface area (Å²) >= 11 is 0. The average Bonchev–Trinajstić information content (AvgIpc) is 2.65. The number of benzene rings is 1. The highest BCUT2D eigenvalue weighted by Gasteiger charge is 1.98. The van der Waals surface area contributed by atoms with Crippen LogP contribution < -0.4 is 0 Å². The molecular formula is C20H28O5. The first-order valence-corrected chi connectivity index (χ1v) is 7.85. The molecule has 0 bridgehead atoms. The summed E-state index contributed by atoms with van der Waals surface area (Å²) in [6, 6.07) is 10.0. The molecule has 1 atom stereocenters. The predicted octanol–water partition coefficient (Wildman–Crippen LogP) is 3.55. The minimum atomic E-state index is -0.603. The zero-order valence-corrected chi connectivity index (χ0v) is 15.0. The number of hydrogen-bond donors (Lipinski definition) is 1. The van der Waals surface area contributed by atoms with Crippen molar-refractivity contribution in [3.63, 3.8) is 0 Å². The minimum absolute atomic E-state index is 0.0326. The zero-order chi connectivity index (χ0) is 19.5. The van der Waals surface area contributed by atoms with Crippen molar-refractivity contribution in [3.8, 4) is 0 Å². The summed E-state index contributed by atoms with van der Waals surface area (Å²) in [6.07, 6.45) is 4.31. The molecule has 0 amide bonds. The molecule has 0 fully saturated rings. The van der Waals surface area contributed by atoms with Crippen LogP contribution in [0.4, 0.5) is 0 Å². The van der Waals surface area contributed by atoms with Crippen molar-refractivity contribution in [2.45, 2.75) is 26.4 Å². The molecule has 1 rings (SSSR count). The molecule has 1 aromatic rings. The second-order valence-corrected chi connectivity index (χ2v) is 4.67. The summed E-state index contributed by atoms with van der Waals surface area (Å²) in [5, 5.41) is 8.59. The number of carbonyl (C=O) groups excluding carboxylic acids is 2. The fraction of sp³-hybridized carbons (Fsp3) is 0.300. The van der Waals surface area contributed by atoms with Gasteiger partial charge in [-0.05, 0) is 18.9 Å². The van der Waals surface area contributed by atoms with Crippen LogP contribution in [0.3, 0.4) is 0 Å². The van der Waals surface area contributed by atoms with Crippen LogP contribution in [0.1, 0.15) is 25.8 Å². The molecule has 0 aromatic heterocycles. The van der Waals surface area contributed by atoms with E-state index in [-0.39, 0.29) is 12.6 Å². The van der Waals surface area contributed by atoms with Crippen LogP contribution >= 0.6 is 0 Å². The molecule has 138 valence electrons. The first kappa shape index (κ1) is 24.6. The average molecular weight is 348 g/mol. The Kier molecular flexibility index (Phi) is 17.4. The lowest BCUT2D eigenvalue weighted by Gasteiger charge is -2.02. The molecule has 0 saturated carbocycles. The Morgan fingerprint density at radius 3 is 1.96 bits per heavy atom. The van der Waals surface area contributed by atoms with Gasteiger partial charge in [-0.3, -0.25) is 0 Å². The Bertz CT molecular complexity index is 506. The van der Waals surface area contributed by atoms with Crippen molar-refractivity contribution in [3.05, 3.63) is 67.8 Å². The van der Waals surface area contributed by atoms with Gasteiger partial charge in [0.2, 0.25) is 0 Å². The van der Waals surface area contributed by atoms with Crippen LogP contribution in [0, 0.1) is 0 Å². The lowest BCUT2D eigenvalue weighted by Crippen LogP contribution is -2.13. The van der Waals surface area contributed by atoms with Crippen molar-refractivity contribution >= 4 is 18.0 Å². The molecular weight excluding hydrogens is 320 g/mol. The number of carbonyl (C=O) groups is 2. The monoisotopic (exact) mass is 348 g/mol. The molecule has 0 aliphatic heterocycles. The quantitative estimate of drug-likeness (QED) is 0.602. The van der Waals surface area contributed by atoms with Gasteiger partial charge in [-0.1, -0.05) is 63.1 Å². The largest absolute Gasteiger partial charge is 0.463 e. The molecule has 0 radical (unpaired) electrons. The van der Waals surface area contributed by atoms with Crippen LogP contribution in [0.2, 0.25) is 0 Å². The maximum atomic E-state index is 10.3. The molecule has 5 nitrogen and oxygen atoms in total. The zero-order valence-electron chi connectivity index (χ0n) is 15.0. The molecule has 1 aromatic carbocycles. The Balaban J connectivity index is 0. The van der Waals surface area contributed by atoms with Crippen molar-refractivity contribution in [2.24, 2.45) is 0 Å². The Labute approximate surface area is 150 Å². The van der Waals surface area contributed by atoms with Crippen LogP contribution in [0.25, 0.3) is 6.08 Å². The van der Waals surface area contributed by atoms with E-state index in [0.717, 1.165) is 18.6 Å². The number of rotatable bonds is 7. The lowest BCUT2D eigenvalue weighted by molar-refractivity contribution is -0.140. The van der Waals surface area contributed by atoms with Gasteiger partial charge in [0.05, 0.1) is 12.7 Å². The highest BCUT2D eigenvalue weighted by molar-refractivity contribution is 5.81. The van der Waals surface area contributed by atoms with E-state index in [0.29, 0.717) is 6.61 Å². The number of hydrogen-bond acceptors (Lipinski definition) is 5. The van der Waals surface area contributed by atoms with Gasteiger partial charge in [0.15, 0.2) is 0 Å². The fourth-order valence-corrected chi connectivity index (χ4v) is 1.11. The summed E-state index contributed by atoms with van der Waals surface area (Å²) in [6.45, 7) is 14.1. The Morgan fingerprint density at radius 2 is 1.60 bits per heavy atom. The topological polar surface area (TPSA) is 72.8 Å². The SMILES string of the molecule is C=CC(=O)OCC(C)O.C=CC(=O)OCCC.C=Cc1ccccc1. The molecule has 1 unspecified atom stereocenters. The van der Waals surface area contributed by atoms with E-state index in [2.05, 4.69) is 29.2 Å². The smallest absolute Gasteiger partial charge is 0.330 e.